The first kappa shape index (κ1) is 17.1. The Bertz CT molecular complexity index is 276. The maximum absolute atomic E-state index is 11.9. The van der Waals surface area contributed by atoms with Gasteiger partial charge in [-0.1, -0.05) is 6.08 Å². The Morgan fingerprint density at radius 1 is 1.17 bits per heavy atom. The molecular formula is C14H28N2O2. The lowest BCUT2D eigenvalue weighted by molar-refractivity contribution is -0.204. The van der Waals surface area contributed by atoms with Crippen molar-refractivity contribution in [3.63, 3.8) is 0 Å². The van der Waals surface area contributed by atoms with Gasteiger partial charge >= 0.3 is 5.97 Å². The zero-order valence-corrected chi connectivity index (χ0v) is 12.9. The highest BCUT2D eigenvalue weighted by Crippen LogP contribution is 2.09. The lowest BCUT2D eigenvalue weighted by Crippen LogP contribution is -2.39. The highest BCUT2D eigenvalue weighted by molar-refractivity contribution is 5.87. The van der Waals surface area contributed by atoms with Gasteiger partial charge in [0.1, 0.15) is 0 Å². The second-order valence-electron chi connectivity index (χ2n) is 5.41. The van der Waals surface area contributed by atoms with Crippen LogP contribution in [0.3, 0.4) is 0 Å². The van der Waals surface area contributed by atoms with E-state index < -0.39 is 0 Å². The Kier molecular flexibility index (Phi) is 7.87. The van der Waals surface area contributed by atoms with Gasteiger partial charge in [-0.3, -0.25) is 0 Å². The van der Waals surface area contributed by atoms with Crippen LogP contribution in [0.15, 0.2) is 11.6 Å². The van der Waals surface area contributed by atoms with E-state index in [9.17, 15) is 4.79 Å². The van der Waals surface area contributed by atoms with E-state index in [0.717, 1.165) is 13.0 Å². The molecule has 18 heavy (non-hydrogen) atoms. The predicted octanol–water partition coefficient (Wildman–Crippen LogP) is 2.46. The van der Waals surface area contributed by atoms with Gasteiger partial charge in [0.15, 0.2) is 0 Å². The molecule has 0 atom stereocenters. The second kappa shape index (κ2) is 8.27. The van der Waals surface area contributed by atoms with Gasteiger partial charge < -0.3 is 9.74 Å². The van der Waals surface area contributed by atoms with Crippen LogP contribution in [-0.4, -0.2) is 48.7 Å². The summed E-state index contributed by atoms with van der Waals surface area (Å²) in [4.78, 5) is 19.4. The molecule has 0 N–H and O–H groups in total. The largest absolute Gasteiger partial charge is 0.364 e. The molecule has 0 aromatic carbocycles. The van der Waals surface area contributed by atoms with Crippen molar-refractivity contribution in [2.24, 2.45) is 0 Å². The molecule has 0 unspecified atom stereocenters. The average Bonchev–Trinajstić information content (AvgIpc) is 2.23. The number of carbonyl (C=O) groups excluding carboxylic acids is 1. The zero-order chi connectivity index (χ0) is 14.3. The van der Waals surface area contributed by atoms with Gasteiger partial charge in [0.2, 0.25) is 0 Å². The summed E-state index contributed by atoms with van der Waals surface area (Å²) in [6, 6.07) is 0.368. The quantitative estimate of drug-likeness (QED) is 0.517. The molecule has 0 aliphatic carbocycles. The molecule has 0 aliphatic heterocycles. The number of carbonyl (C=O) groups is 1. The van der Waals surface area contributed by atoms with Crippen molar-refractivity contribution in [3.05, 3.63) is 11.6 Å². The summed E-state index contributed by atoms with van der Waals surface area (Å²) in [5, 5.41) is 1.73. The summed E-state index contributed by atoms with van der Waals surface area (Å²) < 4.78 is 0. The van der Waals surface area contributed by atoms with Gasteiger partial charge in [-0.2, -0.15) is 0 Å². The van der Waals surface area contributed by atoms with Crippen molar-refractivity contribution in [3.8, 4) is 0 Å². The molecule has 0 amide bonds. The molecule has 0 aromatic rings. The Morgan fingerprint density at radius 3 is 2.06 bits per heavy atom. The van der Waals surface area contributed by atoms with Gasteiger partial charge in [0.05, 0.1) is 0 Å². The summed E-state index contributed by atoms with van der Waals surface area (Å²) in [6.07, 6.45) is 2.79. The first-order chi connectivity index (χ1) is 8.25. The standard InChI is InChI=1S/C14H28N2O2/c1-11(2)16(12(3)4)18-14(17)13(5)9-8-10-15(6)7/h9,11-12H,8,10H2,1-7H3. The third-order valence-electron chi connectivity index (χ3n) is 2.56. The van der Waals surface area contributed by atoms with Gasteiger partial charge in [0, 0.05) is 24.2 Å². The minimum atomic E-state index is -0.254. The molecule has 0 aromatic heterocycles. The minimum Gasteiger partial charge on any atom is -0.364 e. The van der Waals surface area contributed by atoms with E-state index in [-0.39, 0.29) is 18.1 Å². The smallest absolute Gasteiger partial charge is 0.352 e. The van der Waals surface area contributed by atoms with Crippen LogP contribution in [-0.2, 0) is 9.63 Å². The van der Waals surface area contributed by atoms with Crippen molar-refractivity contribution >= 4 is 5.97 Å². The Hall–Kier alpha value is -0.870. The van der Waals surface area contributed by atoms with Crippen LogP contribution < -0.4 is 0 Å². The molecule has 0 fully saturated rings. The fraction of sp³-hybridized carbons (Fsp3) is 0.786. The van der Waals surface area contributed by atoms with Crippen LogP contribution in [0.4, 0.5) is 0 Å². The maximum atomic E-state index is 11.9. The third-order valence-corrected chi connectivity index (χ3v) is 2.56. The van der Waals surface area contributed by atoms with Crippen LogP contribution in [0.25, 0.3) is 0 Å². The topological polar surface area (TPSA) is 32.8 Å². The number of hydrogen-bond acceptors (Lipinski definition) is 4. The highest BCUT2D eigenvalue weighted by atomic mass is 16.7. The second-order valence-corrected chi connectivity index (χ2v) is 5.41. The van der Waals surface area contributed by atoms with Crippen LogP contribution >= 0.6 is 0 Å². The van der Waals surface area contributed by atoms with Crippen LogP contribution in [0.1, 0.15) is 41.0 Å². The van der Waals surface area contributed by atoms with Crippen LogP contribution in [0.5, 0.6) is 0 Å². The van der Waals surface area contributed by atoms with E-state index in [4.69, 9.17) is 4.84 Å². The summed E-state index contributed by atoms with van der Waals surface area (Å²) in [6.45, 7) is 10.8. The predicted molar refractivity (Wildman–Crippen MR) is 75.1 cm³/mol. The molecule has 0 saturated carbocycles. The summed E-state index contributed by atoms with van der Waals surface area (Å²) in [5.74, 6) is -0.254. The molecular weight excluding hydrogens is 228 g/mol. The average molecular weight is 256 g/mol. The zero-order valence-electron chi connectivity index (χ0n) is 12.9. The molecule has 0 rings (SSSR count). The normalized spacial score (nSPS) is 12.9. The molecule has 106 valence electrons. The lowest BCUT2D eigenvalue weighted by atomic mass is 10.2. The summed E-state index contributed by atoms with van der Waals surface area (Å²) in [7, 11) is 4.03. The van der Waals surface area contributed by atoms with Crippen LogP contribution in [0, 0.1) is 0 Å². The number of nitrogens with zero attached hydrogens (tertiary/aromatic N) is 2. The number of hydroxylamine groups is 2. The molecule has 0 spiro atoms. The Morgan fingerprint density at radius 2 is 1.67 bits per heavy atom. The van der Waals surface area contributed by atoms with Gasteiger partial charge in [-0.25, -0.2) is 4.79 Å². The van der Waals surface area contributed by atoms with Crippen molar-refractivity contribution < 1.29 is 9.63 Å². The fourth-order valence-electron chi connectivity index (χ4n) is 1.60. The first-order valence-corrected chi connectivity index (χ1v) is 6.57. The highest BCUT2D eigenvalue weighted by Gasteiger charge is 2.19. The Balaban J connectivity index is 4.37. The van der Waals surface area contributed by atoms with E-state index in [1.165, 1.54) is 0 Å². The number of rotatable bonds is 7. The van der Waals surface area contributed by atoms with Crippen LogP contribution in [0.2, 0.25) is 0 Å². The third kappa shape index (κ3) is 6.77. The lowest BCUT2D eigenvalue weighted by Gasteiger charge is -2.28. The van der Waals surface area contributed by atoms with Gasteiger partial charge in [-0.05, 0) is 55.1 Å². The molecule has 0 bridgehead atoms. The van der Waals surface area contributed by atoms with Crippen molar-refractivity contribution in [1.29, 1.82) is 0 Å². The molecule has 0 heterocycles. The van der Waals surface area contributed by atoms with E-state index in [1.807, 2.05) is 47.9 Å². The summed E-state index contributed by atoms with van der Waals surface area (Å²) >= 11 is 0. The molecule has 0 radical (unpaired) electrons. The minimum absolute atomic E-state index is 0.184. The number of hydrogen-bond donors (Lipinski definition) is 0. The summed E-state index contributed by atoms with van der Waals surface area (Å²) in [5.41, 5.74) is 0.670. The fourth-order valence-corrected chi connectivity index (χ4v) is 1.60. The van der Waals surface area contributed by atoms with Crippen molar-refractivity contribution in [2.45, 2.75) is 53.1 Å². The van der Waals surface area contributed by atoms with E-state index >= 15 is 0 Å². The molecule has 4 heteroatoms. The SMILES string of the molecule is CC(=CCCN(C)C)C(=O)ON(C(C)C)C(C)C. The molecule has 0 aliphatic rings. The van der Waals surface area contributed by atoms with Crippen molar-refractivity contribution in [1.82, 2.24) is 9.96 Å². The van der Waals surface area contributed by atoms with E-state index in [0.29, 0.717) is 5.57 Å². The van der Waals surface area contributed by atoms with Gasteiger partial charge in [-0.15, -0.1) is 5.06 Å². The van der Waals surface area contributed by atoms with Crippen molar-refractivity contribution in [2.75, 3.05) is 20.6 Å². The van der Waals surface area contributed by atoms with E-state index in [1.54, 1.807) is 12.0 Å². The Labute approximate surface area is 112 Å². The van der Waals surface area contributed by atoms with Gasteiger partial charge in [0.25, 0.3) is 0 Å². The molecule has 4 nitrogen and oxygen atoms in total. The molecule has 0 saturated heterocycles. The first-order valence-electron chi connectivity index (χ1n) is 6.57. The monoisotopic (exact) mass is 256 g/mol. The maximum Gasteiger partial charge on any atom is 0.352 e. The van der Waals surface area contributed by atoms with E-state index in [2.05, 4.69) is 4.90 Å².